The van der Waals surface area contributed by atoms with Gasteiger partial charge < -0.3 is 15.6 Å². The normalized spacial score (nSPS) is 10.8. The van der Waals surface area contributed by atoms with Crippen LogP contribution in [-0.2, 0) is 0 Å². The summed E-state index contributed by atoms with van der Waals surface area (Å²) in [6.45, 7) is 1.70. The molecule has 0 atom stereocenters. The Bertz CT molecular complexity index is 697. The molecule has 0 aliphatic carbocycles. The summed E-state index contributed by atoms with van der Waals surface area (Å²) in [5.74, 6) is -0.00510. The number of rotatable bonds is 4. The number of aryl methyl sites for hydroxylation is 1. The number of amides is 1. The van der Waals surface area contributed by atoms with Gasteiger partial charge >= 0.3 is 0 Å². The number of benzene rings is 1. The van der Waals surface area contributed by atoms with Crippen LogP contribution in [0.15, 0.2) is 23.3 Å². The number of nitrogens with one attached hydrogen (secondary N) is 1. The predicted octanol–water partition coefficient (Wildman–Crippen LogP) is 1.51. The van der Waals surface area contributed by atoms with E-state index in [1.54, 1.807) is 19.1 Å². The van der Waals surface area contributed by atoms with Crippen molar-refractivity contribution in [1.82, 2.24) is 10.4 Å². The fourth-order valence-corrected chi connectivity index (χ4v) is 2.34. The van der Waals surface area contributed by atoms with Crippen LogP contribution in [0, 0.1) is 6.92 Å². The number of carbonyl (C=O) groups is 1. The van der Waals surface area contributed by atoms with Crippen LogP contribution >= 0.6 is 11.3 Å². The smallest absolute Gasteiger partial charge is 0.283 e. The first-order valence-corrected chi connectivity index (χ1v) is 6.76. The fraction of sp³-hybridized carbons (Fsp3) is 0.154. The summed E-state index contributed by atoms with van der Waals surface area (Å²) in [6.07, 6.45) is 1.44. The lowest BCUT2D eigenvalue weighted by Crippen LogP contribution is -2.17. The number of hydrazone groups is 1. The van der Waals surface area contributed by atoms with Gasteiger partial charge in [-0.3, -0.25) is 4.79 Å². The average molecular weight is 306 g/mol. The number of anilines is 1. The van der Waals surface area contributed by atoms with Crippen LogP contribution in [0.5, 0.6) is 11.5 Å². The molecule has 2 rings (SSSR count). The van der Waals surface area contributed by atoms with Crippen molar-refractivity contribution in [2.24, 2.45) is 5.10 Å². The highest BCUT2D eigenvalue weighted by Gasteiger charge is 2.13. The van der Waals surface area contributed by atoms with Gasteiger partial charge in [-0.1, -0.05) is 11.3 Å². The minimum absolute atomic E-state index is 0.0365. The lowest BCUT2D eigenvalue weighted by Gasteiger charge is -2.03. The summed E-state index contributed by atoms with van der Waals surface area (Å²) in [4.78, 5) is 16.3. The number of hydrogen-bond donors (Lipinski definition) is 3. The SMILES string of the molecule is COc1cc(/C=N/NC(=O)c2sc(N)nc2C)ccc1O. The molecule has 1 aromatic heterocycles. The number of thiazole rings is 1. The number of carbonyl (C=O) groups excluding carboxylic acids is 1. The highest BCUT2D eigenvalue weighted by atomic mass is 32.1. The van der Waals surface area contributed by atoms with E-state index < -0.39 is 0 Å². The number of phenols is 1. The monoisotopic (exact) mass is 306 g/mol. The molecule has 1 heterocycles. The molecule has 7 nitrogen and oxygen atoms in total. The van der Waals surface area contributed by atoms with Crippen LogP contribution in [0.1, 0.15) is 20.9 Å². The van der Waals surface area contributed by atoms with Crippen LogP contribution in [-0.4, -0.2) is 29.3 Å². The maximum Gasteiger partial charge on any atom is 0.283 e. The Morgan fingerprint density at radius 1 is 1.57 bits per heavy atom. The number of nitrogens with zero attached hydrogens (tertiary/aromatic N) is 2. The zero-order valence-corrected chi connectivity index (χ0v) is 12.3. The first-order chi connectivity index (χ1) is 10.0. The van der Waals surface area contributed by atoms with Crippen molar-refractivity contribution in [2.45, 2.75) is 6.92 Å². The molecule has 0 aliphatic rings. The van der Waals surface area contributed by atoms with Crippen LogP contribution < -0.4 is 15.9 Å². The first-order valence-electron chi connectivity index (χ1n) is 5.94. The van der Waals surface area contributed by atoms with Gasteiger partial charge in [0.1, 0.15) is 4.88 Å². The summed E-state index contributed by atoms with van der Waals surface area (Å²) in [7, 11) is 1.45. The molecular formula is C13H14N4O3S. The van der Waals surface area contributed by atoms with Crippen molar-refractivity contribution in [2.75, 3.05) is 12.8 Å². The Morgan fingerprint density at radius 3 is 2.95 bits per heavy atom. The van der Waals surface area contributed by atoms with E-state index in [4.69, 9.17) is 10.5 Å². The van der Waals surface area contributed by atoms with Crippen molar-refractivity contribution < 1.29 is 14.6 Å². The molecule has 1 amide bonds. The van der Waals surface area contributed by atoms with Gasteiger partial charge in [-0.05, 0) is 30.7 Å². The molecule has 0 saturated carbocycles. The van der Waals surface area contributed by atoms with Crippen LogP contribution in [0.3, 0.4) is 0 Å². The lowest BCUT2D eigenvalue weighted by atomic mass is 10.2. The van der Waals surface area contributed by atoms with Gasteiger partial charge in [0.25, 0.3) is 5.91 Å². The van der Waals surface area contributed by atoms with E-state index in [-0.39, 0.29) is 11.7 Å². The topological polar surface area (TPSA) is 110 Å². The third kappa shape index (κ3) is 3.48. The third-order valence-electron chi connectivity index (χ3n) is 2.60. The largest absolute Gasteiger partial charge is 0.504 e. The van der Waals surface area contributed by atoms with E-state index >= 15 is 0 Å². The zero-order valence-electron chi connectivity index (χ0n) is 11.5. The van der Waals surface area contributed by atoms with E-state index in [2.05, 4.69) is 15.5 Å². The van der Waals surface area contributed by atoms with Crippen LogP contribution in [0.4, 0.5) is 5.13 Å². The standard InChI is InChI=1S/C13H14N4O3S/c1-7-11(21-13(14)16-7)12(19)17-15-6-8-3-4-9(18)10(5-8)20-2/h3-6,18H,1-2H3,(H2,14,16)(H,17,19)/b15-6+. The molecule has 0 fully saturated rings. The molecule has 4 N–H and O–H groups in total. The maximum absolute atomic E-state index is 11.9. The number of aromatic nitrogens is 1. The van der Waals surface area contributed by atoms with Crippen molar-refractivity contribution in [3.8, 4) is 11.5 Å². The molecule has 0 aliphatic heterocycles. The Kier molecular flexibility index (Phi) is 4.39. The van der Waals surface area contributed by atoms with Crippen molar-refractivity contribution in [3.05, 3.63) is 34.3 Å². The van der Waals surface area contributed by atoms with Gasteiger partial charge in [-0.15, -0.1) is 0 Å². The average Bonchev–Trinajstić information content (AvgIpc) is 2.79. The van der Waals surface area contributed by atoms with Crippen molar-refractivity contribution in [1.29, 1.82) is 0 Å². The fourth-order valence-electron chi connectivity index (χ4n) is 1.62. The molecule has 1 aromatic carbocycles. The summed E-state index contributed by atoms with van der Waals surface area (Å²) in [6, 6.07) is 4.72. The van der Waals surface area contributed by atoms with E-state index in [1.165, 1.54) is 19.4 Å². The Morgan fingerprint density at radius 2 is 2.33 bits per heavy atom. The van der Waals surface area contributed by atoms with Gasteiger partial charge in [0.2, 0.25) is 0 Å². The van der Waals surface area contributed by atoms with E-state index in [0.29, 0.717) is 27.0 Å². The Balaban J connectivity index is 2.05. The molecule has 8 heteroatoms. The third-order valence-corrected chi connectivity index (χ3v) is 3.59. The second kappa shape index (κ2) is 6.23. The van der Waals surface area contributed by atoms with Crippen LogP contribution in [0.2, 0.25) is 0 Å². The maximum atomic E-state index is 11.9. The van der Waals surface area contributed by atoms with E-state index in [9.17, 15) is 9.90 Å². The predicted molar refractivity (Wildman–Crippen MR) is 81.0 cm³/mol. The molecule has 0 radical (unpaired) electrons. The lowest BCUT2D eigenvalue weighted by molar-refractivity contribution is 0.0958. The minimum atomic E-state index is -0.372. The number of methoxy groups -OCH3 is 1. The van der Waals surface area contributed by atoms with Gasteiger partial charge in [0, 0.05) is 0 Å². The number of hydrogen-bond acceptors (Lipinski definition) is 7. The molecule has 21 heavy (non-hydrogen) atoms. The van der Waals surface area contributed by atoms with E-state index in [0.717, 1.165) is 11.3 Å². The Hall–Kier alpha value is -2.61. The second-order valence-electron chi connectivity index (χ2n) is 4.10. The van der Waals surface area contributed by atoms with E-state index in [1.807, 2.05) is 0 Å². The number of ether oxygens (including phenoxy) is 1. The highest BCUT2D eigenvalue weighted by Crippen LogP contribution is 2.25. The quantitative estimate of drug-likeness (QED) is 0.586. The van der Waals surface area contributed by atoms with Crippen molar-refractivity contribution in [3.63, 3.8) is 0 Å². The molecule has 0 bridgehead atoms. The molecule has 0 unspecified atom stereocenters. The minimum Gasteiger partial charge on any atom is -0.504 e. The summed E-state index contributed by atoms with van der Waals surface area (Å²) >= 11 is 1.10. The number of nitrogens with two attached hydrogens (primary N) is 1. The molecule has 2 aromatic rings. The molecular weight excluding hydrogens is 292 g/mol. The summed E-state index contributed by atoms with van der Waals surface area (Å²) < 4.78 is 4.98. The van der Waals surface area contributed by atoms with Gasteiger partial charge in [0.15, 0.2) is 16.6 Å². The summed E-state index contributed by atoms with van der Waals surface area (Å²) in [5, 5.41) is 13.7. The number of aromatic hydroxyl groups is 1. The molecule has 0 saturated heterocycles. The number of nitrogen functional groups attached to an aromatic ring is 1. The Labute approximate surface area is 125 Å². The number of phenolic OH excluding ortho intramolecular Hbond substituents is 1. The van der Waals surface area contributed by atoms with Gasteiger partial charge in [-0.2, -0.15) is 5.10 Å². The van der Waals surface area contributed by atoms with Gasteiger partial charge in [-0.25, -0.2) is 10.4 Å². The highest BCUT2D eigenvalue weighted by molar-refractivity contribution is 7.17. The van der Waals surface area contributed by atoms with Crippen LogP contribution in [0.25, 0.3) is 0 Å². The van der Waals surface area contributed by atoms with Gasteiger partial charge in [0.05, 0.1) is 19.0 Å². The molecule has 0 spiro atoms. The summed E-state index contributed by atoms with van der Waals surface area (Å²) in [5.41, 5.74) is 9.17. The molecule has 110 valence electrons. The first kappa shape index (κ1) is 14.8. The second-order valence-corrected chi connectivity index (χ2v) is 5.13. The zero-order chi connectivity index (χ0) is 15.4. The van der Waals surface area contributed by atoms with Crippen molar-refractivity contribution >= 4 is 28.6 Å².